The first-order chi connectivity index (χ1) is 5.13. The van der Waals surface area contributed by atoms with Crippen LogP contribution in [0.3, 0.4) is 0 Å². The molecule has 0 aromatic heterocycles. The maximum absolute atomic E-state index is 3.77. The zero-order valence-electron chi connectivity index (χ0n) is 8.80. The molecule has 0 N–H and O–H groups in total. The minimum absolute atomic E-state index is 0. The summed E-state index contributed by atoms with van der Waals surface area (Å²) >= 11 is 0. The molecule has 0 aromatic carbocycles. The van der Waals surface area contributed by atoms with Crippen LogP contribution in [0.5, 0.6) is 0 Å². The molecule has 0 heterocycles. The third-order valence-electron chi connectivity index (χ3n) is 1.29. The fraction of sp³-hybridized carbons (Fsp3) is 0.545. The minimum atomic E-state index is 0. The van der Waals surface area contributed by atoms with Crippen LogP contribution in [0.4, 0.5) is 0 Å². The van der Waals surface area contributed by atoms with Crippen LogP contribution in [0.1, 0.15) is 34.1 Å². The predicted molar refractivity (Wildman–Crippen MR) is 53.9 cm³/mol. The normalized spacial score (nSPS) is 10.0. The van der Waals surface area contributed by atoms with E-state index in [0.29, 0.717) is 5.92 Å². The molecule has 0 atom stereocenters. The fourth-order valence-electron chi connectivity index (χ4n) is 0.626. The second kappa shape index (κ2) is 13.8. The molecular formula is C11H21V-3. The molecule has 12 heavy (non-hydrogen) atoms. The van der Waals surface area contributed by atoms with E-state index in [0.717, 1.165) is 6.42 Å². The first-order valence-corrected chi connectivity index (χ1v) is 4.15. The summed E-state index contributed by atoms with van der Waals surface area (Å²) in [5, 5.41) is 0. The van der Waals surface area contributed by atoms with Crippen LogP contribution in [-0.2, 0) is 18.6 Å². The molecule has 73 valence electrons. The molecule has 0 rings (SSSR count). The first-order valence-electron chi connectivity index (χ1n) is 4.15. The third-order valence-corrected chi connectivity index (χ3v) is 1.29. The molecule has 0 aliphatic rings. The van der Waals surface area contributed by atoms with Crippen LogP contribution in [0, 0.1) is 26.2 Å². The van der Waals surface area contributed by atoms with Gasteiger partial charge in [-0.3, -0.25) is 0 Å². The van der Waals surface area contributed by atoms with E-state index in [1.54, 1.807) is 0 Å². The van der Waals surface area contributed by atoms with Gasteiger partial charge in [0.2, 0.25) is 0 Å². The summed E-state index contributed by atoms with van der Waals surface area (Å²) in [5.74, 6) is 0.616. The van der Waals surface area contributed by atoms with Crippen molar-refractivity contribution < 1.29 is 18.6 Å². The van der Waals surface area contributed by atoms with Gasteiger partial charge < -0.3 is 13.3 Å². The monoisotopic (exact) mass is 204 g/mol. The smallest absolute Gasteiger partial charge is 0 e. The maximum Gasteiger partial charge on any atom is 0 e. The van der Waals surface area contributed by atoms with Crippen molar-refractivity contribution in [1.29, 1.82) is 0 Å². The molecule has 0 aliphatic heterocycles. The average molecular weight is 204 g/mol. The zero-order chi connectivity index (χ0) is 9.28. The molecule has 0 amide bonds. The Kier molecular flexibility index (Phi) is 20.7. The Bertz CT molecular complexity index is 93.2. The van der Waals surface area contributed by atoms with E-state index in [4.69, 9.17) is 0 Å². The Morgan fingerprint density at radius 2 is 1.75 bits per heavy atom. The second-order valence-electron chi connectivity index (χ2n) is 2.76. The number of allylic oxidation sites excluding steroid dienone is 2. The van der Waals surface area contributed by atoms with Crippen molar-refractivity contribution >= 4 is 0 Å². The van der Waals surface area contributed by atoms with E-state index >= 15 is 0 Å². The van der Waals surface area contributed by atoms with E-state index in [1.807, 2.05) is 26.3 Å². The van der Waals surface area contributed by atoms with Crippen molar-refractivity contribution in [3.63, 3.8) is 0 Å². The van der Waals surface area contributed by atoms with Crippen LogP contribution in [0.15, 0.2) is 11.6 Å². The molecule has 0 nitrogen and oxygen atoms in total. The van der Waals surface area contributed by atoms with Crippen molar-refractivity contribution in [2.24, 2.45) is 5.92 Å². The van der Waals surface area contributed by atoms with Gasteiger partial charge in [-0.05, 0) is 0 Å². The van der Waals surface area contributed by atoms with E-state index < -0.39 is 0 Å². The Morgan fingerprint density at radius 1 is 1.42 bits per heavy atom. The Balaban J connectivity index is -0.000000177. The van der Waals surface area contributed by atoms with Crippen molar-refractivity contribution in [2.45, 2.75) is 34.1 Å². The molecule has 0 aliphatic carbocycles. The molecule has 0 saturated carbocycles. The van der Waals surface area contributed by atoms with Gasteiger partial charge in [0, 0.05) is 18.6 Å². The summed E-state index contributed by atoms with van der Waals surface area (Å²) in [7, 11) is 0. The van der Waals surface area contributed by atoms with Crippen molar-refractivity contribution in [2.75, 3.05) is 0 Å². The molecule has 0 saturated heterocycles. The van der Waals surface area contributed by atoms with Crippen LogP contribution in [0.2, 0.25) is 0 Å². The van der Waals surface area contributed by atoms with Crippen molar-refractivity contribution in [3.8, 4) is 0 Å². The van der Waals surface area contributed by atoms with E-state index in [9.17, 15) is 0 Å². The average Bonchev–Trinajstić information content (AvgIpc) is 1.91. The molecule has 0 unspecified atom stereocenters. The Labute approximate surface area is 90.7 Å². The third kappa shape index (κ3) is 12.8. The Morgan fingerprint density at radius 3 is 1.75 bits per heavy atom. The molecule has 0 fully saturated rings. The van der Waals surface area contributed by atoms with Crippen LogP contribution in [-0.4, -0.2) is 0 Å². The van der Waals surface area contributed by atoms with Gasteiger partial charge in [0.15, 0.2) is 0 Å². The largest absolute Gasteiger partial charge is 0.356 e. The minimum Gasteiger partial charge on any atom is -0.356 e. The van der Waals surface area contributed by atoms with Gasteiger partial charge in [-0.1, -0.05) is 19.8 Å². The molecule has 0 aromatic rings. The van der Waals surface area contributed by atoms with Gasteiger partial charge in [-0.25, -0.2) is 25.0 Å². The number of hydrogen-bond donors (Lipinski definition) is 0. The van der Waals surface area contributed by atoms with Crippen molar-refractivity contribution in [3.05, 3.63) is 31.9 Å². The maximum atomic E-state index is 3.77. The Hall–Kier alpha value is 0.194. The van der Waals surface area contributed by atoms with E-state index in [2.05, 4.69) is 27.7 Å². The van der Waals surface area contributed by atoms with Gasteiger partial charge in [0.25, 0.3) is 0 Å². The summed E-state index contributed by atoms with van der Waals surface area (Å²) in [4.78, 5) is 0. The van der Waals surface area contributed by atoms with Gasteiger partial charge >= 0.3 is 0 Å². The summed E-state index contributed by atoms with van der Waals surface area (Å²) in [6.07, 6.45) is 4.79. The van der Waals surface area contributed by atoms with Crippen LogP contribution in [0.25, 0.3) is 0 Å². The zero-order valence-corrected chi connectivity index (χ0v) is 10.2. The van der Waals surface area contributed by atoms with Crippen LogP contribution < -0.4 is 0 Å². The SMILES string of the molecule is C[CH-]C.[CH2-]/C=C(\C[CH2-])C(C)C.[V]. The summed E-state index contributed by atoms with van der Waals surface area (Å²) in [5.41, 5.74) is 1.34. The standard InChI is InChI=1S/C8H14.C3H7.V/c1-5-8(6-2)7(3)4;1-3-2;/h5,7H,1-2,6H2,3-4H3;3H,1-2H3;/q-2;-1;/b8-5+;;. The van der Waals surface area contributed by atoms with E-state index in [1.165, 1.54) is 5.57 Å². The van der Waals surface area contributed by atoms with Gasteiger partial charge in [0.05, 0.1) is 0 Å². The number of hydrogen-bond acceptors (Lipinski definition) is 0. The molecule has 1 heteroatoms. The molecule has 1 radical (unpaired) electrons. The van der Waals surface area contributed by atoms with Gasteiger partial charge in [-0.15, -0.1) is 0 Å². The predicted octanol–water partition coefficient (Wildman–Crippen LogP) is 3.86. The number of rotatable bonds is 2. The second-order valence-corrected chi connectivity index (χ2v) is 2.76. The first kappa shape index (κ1) is 18.1. The summed E-state index contributed by atoms with van der Waals surface area (Å²) < 4.78 is 0. The van der Waals surface area contributed by atoms with Gasteiger partial charge in [-0.2, -0.15) is 13.8 Å². The van der Waals surface area contributed by atoms with Crippen LogP contribution >= 0.6 is 0 Å². The molecular weight excluding hydrogens is 183 g/mol. The molecule has 0 bridgehead atoms. The topological polar surface area (TPSA) is 0 Å². The van der Waals surface area contributed by atoms with Gasteiger partial charge in [0.1, 0.15) is 0 Å². The summed E-state index contributed by atoms with van der Waals surface area (Å²) in [6.45, 7) is 15.8. The van der Waals surface area contributed by atoms with E-state index in [-0.39, 0.29) is 18.6 Å². The summed E-state index contributed by atoms with van der Waals surface area (Å²) in [6, 6.07) is 0. The molecule has 0 spiro atoms. The van der Waals surface area contributed by atoms with Crippen molar-refractivity contribution in [1.82, 2.24) is 0 Å². The quantitative estimate of drug-likeness (QED) is 0.599. The fourth-order valence-corrected chi connectivity index (χ4v) is 0.626.